The lowest BCUT2D eigenvalue weighted by Gasteiger charge is -2.41. The van der Waals surface area contributed by atoms with Crippen LogP contribution in [0.2, 0.25) is 0 Å². The Labute approximate surface area is 256 Å². The van der Waals surface area contributed by atoms with Crippen LogP contribution in [-0.2, 0) is 39.8 Å². The van der Waals surface area contributed by atoms with E-state index < -0.39 is 59.8 Å². The summed E-state index contributed by atoms with van der Waals surface area (Å²) in [5, 5.41) is 0. The first kappa shape index (κ1) is 37.5. The maximum Gasteiger partial charge on any atom is 0.416 e. The Hall–Kier alpha value is -3.72. The minimum atomic E-state index is -5.09. The van der Waals surface area contributed by atoms with Gasteiger partial charge in [0.25, 0.3) is 0 Å². The van der Waals surface area contributed by atoms with E-state index in [-0.39, 0.29) is 32.1 Å². The average Bonchev–Trinajstić information content (AvgIpc) is 2.96. The number of nitrogens with zero attached hydrogens (tertiary/aromatic N) is 3. The first-order chi connectivity index (χ1) is 21.1. The van der Waals surface area contributed by atoms with Gasteiger partial charge in [0.2, 0.25) is 6.41 Å². The SMILES string of the molecule is CCCN(C(=O)OCc1cc(C(F)(F)F)cc(C(F)(F)F)c1)C(CN(C)Cc1cccc(F)c1)N(C=O)[C@H](C=O)CCCCN. The van der Waals surface area contributed by atoms with Gasteiger partial charge in [0.15, 0.2) is 0 Å². The van der Waals surface area contributed by atoms with Gasteiger partial charge in [-0.1, -0.05) is 19.1 Å². The zero-order chi connectivity index (χ0) is 33.8. The van der Waals surface area contributed by atoms with Crippen molar-refractivity contribution >= 4 is 18.8 Å². The summed E-state index contributed by atoms with van der Waals surface area (Å²) < 4.78 is 99.0. The van der Waals surface area contributed by atoms with E-state index in [1.165, 1.54) is 18.2 Å². The molecule has 0 aromatic heterocycles. The number of rotatable bonds is 17. The number of carbonyl (C=O) groups excluding carboxylic acids is 3. The monoisotopic (exact) mass is 650 g/mol. The molecule has 0 heterocycles. The molecule has 0 bridgehead atoms. The van der Waals surface area contributed by atoms with Crippen LogP contribution in [0.3, 0.4) is 0 Å². The van der Waals surface area contributed by atoms with Gasteiger partial charge < -0.3 is 20.2 Å². The lowest BCUT2D eigenvalue weighted by Crippen LogP contribution is -2.58. The lowest BCUT2D eigenvalue weighted by molar-refractivity contribution is -0.143. The number of amides is 2. The van der Waals surface area contributed by atoms with Crippen LogP contribution in [0.25, 0.3) is 0 Å². The molecule has 0 aliphatic heterocycles. The number of ether oxygens (including phenoxy) is 1. The Morgan fingerprint density at radius 3 is 2.13 bits per heavy atom. The molecule has 15 heteroatoms. The van der Waals surface area contributed by atoms with Gasteiger partial charge in [-0.05, 0) is 80.7 Å². The Kier molecular flexibility index (Phi) is 14.2. The van der Waals surface area contributed by atoms with Crippen LogP contribution < -0.4 is 5.73 Å². The van der Waals surface area contributed by atoms with Gasteiger partial charge in [0.1, 0.15) is 24.9 Å². The van der Waals surface area contributed by atoms with Crippen molar-refractivity contribution in [2.45, 2.75) is 70.3 Å². The molecule has 0 saturated heterocycles. The van der Waals surface area contributed by atoms with E-state index in [9.17, 15) is 45.1 Å². The second-order valence-corrected chi connectivity index (χ2v) is 10.5. The Morgan fingerprint density at radius 1 is 0.978 bits per heavy atom. The highest BCUT2D eigenvalue weighted by atomic mass is 19.4. The van der Waals surface area contributed by atoms with Crippen molar-refractivity contribution in [3.8, 4) is 0 Å². The lowest BCUT2D eigenvalue weighted by atomic mass is 10.1. The number of unbranched alkanes of at least 4 members (excludes halogenated alkanes) is 1. The third-order valence-corrected chi connectivity index (χ3v) is 6.84. The van der Waals surface area contributed by atoms with Gasteiger partial charge in [0, 0.05) is 19.6 Å². The number of likely N-dealkylation sites (N-methyl/N-ethyl adjacent to an activating group) is 1. The van der Waals surface area contributed by atoms with E-state index in [1.54, 1.807) is 24.9 Å². The third kappa shape index (κ3) is 11.6. The first-order valence-corrected chi connectivity index (χ1v) is 14.2. The molecule has 2 amide bonds. The molecule has 250 valence electrons. The number of carbonyl (C=O) groups is 3. The molecule has 0 spiro atoms. The van der Waals surface area contributed by atoms with Crippen LogP contribution in [0.4, 0.5) is 35.5 Å². The minimum absolute atomic E-state index is 0.0363. The highest BCUT2D eigenvalue weighted by molar-refractivity contribution is 5.70. The smallest absolute Gasteiger partial charge is 0.416 e. The van der Waals surface area contributed by atoms with E-state index >= 15 is 0 Å². The van der Waals surface area contributed by atoms with Crippen LogP contribution in [0.1, 0.15) is 54.9 Å². The Morgan fingerprint density at radius 2 is 1.62 bits per heavy atom. The fourth-order valence-electron chi connectivity index (χ4n) is 4.73. The van der Waals surface area contributed by atoms with Gasteiger partial charge in [0.05, 0.1) is 17.2 Å². The van der Waals surface area contributed by atoms with E-state index in [0.717, 1.165) is 9.80 Å². The molecule has 45 heavy (non-hydrogen) atoms. The summed E-state index contributed by atoms with van der Waals surface area (Å²) in [6, 6.07) is 5.60. The van der Waals surface area contributed by atoms with Gasteiger partial charge in [-0.2, -0.15) is 26.3 Å². The number of halogens is 7. The summed E-state index contributed by atoms with van der Waals surface area (Å²) in [4.78, 5) is 41.8. The summed E-state index contributed by atoms with van der Waals surface area (Å²) in [6.45, 7) is 1.14. The van der Waals surface area contributed by atoms with E-state index in [0.29, 0.717) is 56.2 Å². The summed E-state index contributed by atoms with van der Waals surface area (Å²) in [5.41, 5.74) is 2.43. The van der Waals surface area contributed by atoms with Gasteiger partial charge in [-0.3, -0.25) is 14.6 Å². The van der Waals surface area contributed by atoms with Crippen molar-refractivity contribution in [3.63, 3.8) is 0 Å². The average molecular weight is 651 g/mol. The minimum Gasteiger partial charge on any atom is -0.444 e. The number of alkyl halides is 6. The molecular weight excluding hydrogens is 613 g/mol. The molecule has 0 radical (unpaired) electrons. The van der Waals surface area contributed by atoms with Crippen molar-refractivity contribution in [1.29, 1.82) is 0 Å². The normalized spacial score (nSPS) is 13.3. The molecule has 0 aliphatic carbocycles. The number of nitrogens with two attached hydrogens (primary N) is 1. The summed E-state index contributed by atoms with van der Waals surface area (Å²) in [7, 11) is 1.63. The van der Waals surface area contributed by atoms with Crippen LogP contribution in [-0.4, -0.2) is 72.4 Å². The molecule has 2 aromatic rings. The standard InChI is InChI=1S/C30H37F7N4O4/c1-3-11-40(28(44)45-19-22-12-23(29(32,33)34)15-24(13-22)30(35,36)37)27(41(20-43)26(18-42)9-4-5-10-38)17-39(2)16-21-7-6-8-25(31)14-21/h6-8,12-15,18,20,26-27H,3-5,9-11,16-17,19,38H2,1-2H3/t26-,27?/m0/s1. The van der Waals surface area contributed by atoms with Gasteiger partial charge >= 0.3 is 18.4 Å². The number of aldehydes is 1. The van der Waals surface area contributed by atoms with Gasteiger partial charge in [-0.25, -0.2) is 9.18 Å². The van der Waals surface area contributed by atoms with Crippen LogP contribution >= 0.6 is 0 Å². The highest BCUT2D eigenvalue weighted by Gasteiger charge is 2.38. The predicted molar refractivity (Wildman–Crippen MR) is 151 cm³/mol. The summed E-state index contributed by atoms with van der Waals surface area (Å²) in [5.74, 6) is -0.479. The van der Waals surface area contributed by atoms with Gasteiger partial charge in [-0.15, -0.1) is 0 Å². The van der Waals surface area contributed by atoms with E-state index in [4.69, 9.17) is 10.5 Å². The Balaban J connectivity index is 2.44. The quantitative estimate of drug-likeness (QED) is 0.100. The molecule has 2 N–H and O–H groups in total. The van der Waals surface area contributed by atoms with Crippen molar-refractivity contribution in [2.24, 2.45) is 5.73 Å². The molecule has 0 saturated carbocycles. The second kappa shape index (κ2) is 17.1. The van der Waals surface area contributed by atoms with Crippen molar-refractivity contribution in [1.82, 2.24) is 14.7 Å². The zero-order valence-electron chi connectivity index (χ0n) is 24.9. The molecule has 2 aromatic carbocycles. The van der Waals surface area contributed by atoms with E-state index in [1.807, 2.05) is 0 Å². The van der Waals surface area contributed by atoms with Crippen LogP contribution in [0, 0.1) is 5.82 Å². The zero-order valence-corrected chi connectivity index (χ0v) is 24.9. The Bertz CT molecular complexity index is 1230. The number of hydrogen-bond donors (Lipinski definition) is 1. The maximum atomic E-state index is 13.8. The van der Waals surface area contributed by atoms with Crippen molar-refractivity contribution < 1.29 is 49.9 Å². The third-order valence-electron chi connectivity index (χ3n) is 6.84. The molecule has 8 nitrogen and oxygen atoms in total. The molecular formula is C30H37F7N4O4. The maximum absolute atomic E-state index is 13.8. The van der Waals surface area contributed by atoms with Crippen molar-refractivity contribution in [3.05, 3.63) is 70.5 Å². The van der Waals surface area contributed by atoms with Crippen molar-refractivity contribution in [2.75, 3.05) is 26.7 Å². The summed E-state index contributed by atoms with van der Waals surface area (Å²) in [6.07, 6.45) is -9.99. The highest BCUT2D eigenvalue weighted by Crippen LogP contribution is 2.36. The largest absolute Gasteiger partial charge is 0.444 e. The number of benzene rings is 2. The topological polar surface area (TPSA) is 96.2 Å². The van der Waals surface area contributed by atoms with Crippen LogP contribution in [0.5, 0.6) is 0 Å². The molecule has 0 aliphatic rings. The molecule has 0 fully saturated rings. The summed E-state index contributed by atoms with van der Waals surface area (Å²) >= 11 is 0. The molecule has 1 unspecified atom stereocenters. The van der Waals surface area contributed by atoms with E-state index in [2.05, 4.69) is 0 Å². The fourth-order valence-corrected chi connectivity index (χ4v) is 4.73. The number of hydrogen-bond acceptors (Lipinski definition) is 6. The first-order valence-electron chi connectivity index (χ1n) is 14.2. The fraction of sp³-hybridized carbons (Fsp3) is 0.500. The van der Waals surface area contributed by atoms with Crippen LogP contribution in [0.15, 0.2) is 42.5 Å². The predicted octanol–water partition coefficient (Wildman–Crippen LogP) is 5.82. The molecule has 2 rings (SSSR count). The second-order valence-electron chi connectivity index (χ2n) is 10.5. The molecule has 2 atom stereocenters.